The lowest BCUT2D eigenvalue weighted by molar-refractivity contribution is -0.115. The third-order valence-corrected chi connectivity index (χ3v) is 4.02. The molecule has 0 radical (unpaired) electrons. The van der Waals surface area contributed by atoms with Crippen molar-refractivity contribution in [2.45, 2.75) is 6.42 Å². The minimum Gasteiger partial charge on any atom is -0.497 e. The van der Waals surface area contributed by atoms with E-state index in [4.69, 9.17) is 9.15 Å². The van der Waals surface area contributed by atoms with E-state index < -0.39 is 0 Å². The molecular formula is C17H15N3O4S. The highest BCUT2D eigenvalue weighted by Gasteiger charge is 2.13. The lowest BCUT2D eigenvalue weighted by Gasteiger charge is -2.06. The van der Waals surface area contributed by atoms with Gasteiger partial charge in [-0.25, -0.2) is 4.98 Å². The number of methoxy groups -OCH3 is 1. The first kappa shape index (κ1) is 16.7. The molecule has 0 unspecified atom stereocenters. The summed E-state index contributed by atoms with van der Waals surface area (Å²) in [5.74, 6) is 0.274. The van der Waals surface area contributed by atoms with Crippen LogP contribution in [0.2, 0.25) is 0 Å². The van der Waals surface area contributed by atoms with Gasteiger partial charge in [0.2, 0.25) is 5.91 Å². The Balaban J connectivity index is 1.57. The average molecular weight is 357 g/mol. The average Bonchev–Trinajstić information content (AvgIpc) is 3.27. The number of rotatable bonds is 6. The zero-order valence-corrected chi connectivity index (χ0v) is 14.1. The zero-order valence-electron chi connectivity index (χ0n) is 13.3. The molecule has 3 rings (SSSR count). The number of carbonyl (C=O) groups excluding carboxylic acids is 2. The number of aromatic nitrogens is 1. The van der Waals surface area contributed by atoms with Gasteiger partial charge in [0.15, 0.2) is 10.9 Å². The second-order valence-electron chi connectivity index (χ2n) is 5.03. The first-order valence-electron chi connectivity index (χ1n) is 7.37. The van der Waals surface area contributed by atoms with Gasteiger partial charge in [-0.3, -0.25) is 14.9 Å². The number of anilines is 2. The van der Waals surface area contributed by atoms with Gasteiger partial charge in [0.25, 0.3) is 5.91 Å². The van der Waals surface area contributed by atoms with Crippen LogP contribution in [-0.4, -0.2) is 23.9 Å². The second kappa shape index (κ2) is 7.63. The molecule has 0 saturated heterocycles. The first-order chi connectivity index (χ1) is 12.1. The Morgan fingerprint density at radius 2 is 2.12 bits per heavy atom. The summed E-state index contributed by atoms with van der Waals surface area (Å²) in [4.78, 5) is 28.2. The van der Waals surface area contributed by atoms with E-state index in [2.05, 4.69) is 15.6 Å². The van der Waals surface area contributed by atoms with Crippen molar-refractivity contribution in [1.82, 2.24) is 4.98 Å². The van der Waals surface area contributed by atoms with Crippen LogP contribution in [0.15, 0.2) is 52.5 Å². The number of hydrogen-bond acceptors (Lipinski definition) is 6. The fourth-order valence-electron chi connectivity index (χ4n) is 2.08. The third kappa shape index (κ3) is 4.45. The standard InChI is InChI=1S/C17H15N3O4S/c1-23-13-5-2-4-11(8-13)18-15(21)9-12-10-25-17(19-12)20-16(22)14-6-3-7-24-14/h2-8,10H,9H2,1H3,(H,18,21)(H,19,20,22). The minimum atomic E-state index is -0.383. The second-order valence-corrected chi connectivity index (χ2v) is 5.89. The van der Waals surface area contributed by atoms with Crippen LogP contribution < -0.4 is 15.4 Å². The van der Waals surface area contributed by atoms with Crippen LogP contribution >= 0.6 is 11.3 Å². The van der Waals surface area contributed by atoms with Gasteiger partial charge in [0.05, 0.1) is 25.5 Å². The Hall–Kier alpha value is -3.13. The number of hydrogen-bond donors (Lipinski definition) is 2. The molecule has 2 aromatic heterocycles. The summed E-state index contributed by atoms with van der Waals surface area (Å²) in [6.45, 7) is 0. The van der Waals surface area contributed by atoms with Crippen molar-refractivity contribution in [2.75, 3.05) is 17.7 Å². The maximum Gasteiger partial charge on any atom is 0.293 e. The summed E-state index contributed by atoms with van der Waals surface area (Å²) < 4.78 is 10.1. The molecule has 0 atom stereocenters. The Morgan fingerprint density at radius 3 is 2.88 bits per heavy atom. The monoisotopic (exact) mass is 357 g/mol. The highest BCUT2D eigenvalue weighted by atomic mass is 32.1. The molecule has 2 N–H and O–H groups in total. The van der Waals surface area contributed by atoms with Crippen molar-refractivity contribution in [3.8, 4) is 5.75 Å². The highest BCUT2D eigenvalue weighted by molar-refractivity contribution is 7.14. The SMILES string of the molecule is COc1cccc(NC(=O)Cc2csc(NC(=O)c3ccco3)n2)c1. The summed E-state index contributed by atoms with van der Waals surface area (Å²) in [5, 5.41) is 7.54. The number of nitrogens with one attached hydrogen (secondary N) is 2. The van der Waals surface area contributed by atoms with Gasteiger partial charge in [0.1, 0.15) is 5.75 Å². The summed E-state index contributed by atoms with van der Waals surface area (Å²) >= 11 is 1.24. The van der Waals surface area contributed by atoms with Gasteiger partial charge < -0.3 is 14.5 Å². The zero-order chi connectivity index (χ0) is 17.6. The lowest BCUT2D eigenvalue weighted by Crippen LogP contribution is -2.15. The van der Waals surface area contributed by atoms with Gasteiger partial charge in [-0.15, -0.1) is 11.3 Å². The van der Waals surface area contributed by atoms with E-state index in [1.807, 2.05) is 0 Å². The van der Waals surface area contributed by atoms with Crippen LogP contribution in [0.5, 0.6) is 5.75 Å². The highest BCUT2D eigenvalue weighted by Crippen LogP contribution is 2.19. The summed E-state index contributed by atoms with van der Waals surface area (Å²) in [6, 6.07) is 10.3. The van der Waals surface area contributed by atoms with Crippen LogP contribution in [-0.2, 0) is 11.2 Å². The summed E-state index contributed by atoms with van der Waals surface area (Å²) in [7, 11) is 1.56. The molecule has 0 aliphatic carbocycles. The van der Waals surface area contributed by atoms with Crippen LogP contribution in [0.1, 0.15) is 16.2 Å². The Bertz CT molecular complexity index is 874. The molecule has 128 valence electrons. The van der Waals surface area contributed by atoms with Crippen molar-refractivity contribution < 1.29 is 18.7 Å². The molecule has 0 spiro atoms. The van der Waals surface area contributed by atoms with Crippen molar-refractivity contribution >= 4 is 34.0 Å². The van der Waals surface area contributed by atoms with Crippen LogP contribution in [0.25, 0.3) is 0 Å². The van der Waals surface area contributed by atoms with Crippen molar-refractivity contribution in [3.63, 3.8) is 0 Å². The fraction of sp³-hybridized carbons (Fsp3) is 0.118. The predicted molar refractivity (Wildman–Crippen MR) is 94.1 cm³/mol. The summed E-state index contributed by atoms with van der Waals surface area (Å²) in [6.07, 6.45) is 1.52. The van der Waals surface area contributed by atoms with E-state index in [1.165, 1.54) is 17.6 Å². The van der Waals surface area contributed by atoms with Gasteiger partial charge in [-0.05, 0) is 24.3 Å². The van der Waals surface area contributed by atoms with Crippen LogP contribution in [0.3, 0.4) is 0 Å². The number of thiazole rings is 1. The molecule has 3 aromatic rings. The van der Waals surface area contributed by atoms with Crippen molar-refractivity contribution in [3.05, 3.63) is 59.5 Å². The number of ether oxygens (including phenoxy) is 1. The molecule has 0 aliphatic rings. The fourth-order valence-corrected chi connectivity index (χ4v) is 2.79. The number of furan rings is 1. The van der Waals surface area contributed by atoms with E-state index in [-0.39, 0.29) is 24.0 Å². The molecule has 1 aromatic carbocycles. The number of nitrogens with zero attached hydrogens (tertiary/aromatic N) is 1. The van der Waals surface area contributed by atoms with E-state index >= 15 is 0 Å². The van der Waals surface area contributed by atoms with Crippen LogP contribution in [0.4, 0.5) is 10.8 Å². The first-order valence-corrected chi connectivity index (χ1v) is 8.25. The molecule has 7 nitrogen and oxygen atoms in total. The number of benzene rings is 1. The quantitative estimate of drug-likeness (QED) is 0.707. The smallest absolute Gasteiger partial charge is 0.293 e. The Kier molecular flexibility index (Phi) is 5.10. The van der Waals surface area contributed by atoms with Gasteiger partial charge in [0, 0.05) is 17.1 Å². The maximum absolute atomic E-state index is 12.1. The molecule has 0 aliphatic heterocycles. The van der Waals surface area contributed by atoms with Crippen molar-refractivity contribution in [2.24, 2.45) is 0 Å². The van der Waals surface area contributed by atoms with E-state index in [9.17, 15) is 9.59 Å². The van der Waals surface area contributed by atoms with Crippen LogP contribution in [0, 0.1) is 0 Å². The van der Waals surface area contributed by atoms with Gasteiger partial charge in [-0.1, -0.05) is 6.07 Å². The van der Waals surface area contributed by atoms with E-state index in [1.54, 1.807) is 48.9 Å². The van der Waals surface area contributed by atoms with E-state index in [0.29, 0.717) is 22.3 Å². The maximum atomic E-state index is 12.1. The third-order valence-electron chi connectivity index (χ3n) is 3.21. The van der Waals surface area contributed by atoms with E-state index in [0.717, 1.165) is 0 Å². The minimum absolute atomic E-state index is 0.102. The predicted octanol–water partition coefficient (Wildman–Crippen LogP) is 3.18. The molecule has 0 saturated carbocycles. The lowest BCUT2D eigenvalue weighted by atomic mass is 10.2. The van der Waals surface area contributed by atoms with Gasteiger partial charge >= 0.3 is 0 Å². The molecule has 2 amide bonds. The molecule has 0 bridgehead atoms. The summed E-state index contributed by atoms with van der Waals surface area (Å²) in [5.41, 5.74) is 1.21. The van der Waals surface area contributed by atoms with Crippen molar-refractivity contribution in [1.29, 1.82) is 0 Å². The number of amides is 2. The normalized spacial score (nSPS) is 10.3. The number of carbonyl (C=O) groups is 2. The molecular weight excluding hydrogens is 342 g/mol. The molecule has 8 heteroatoms. The van der Waals surface area contributed by atoms with Gasteiger partial charge in [-0.2, -0.15) is 0 Å². The Morgan fingerprint density at radius 1 is 1.24 bits per heavy atom. The topological polar surface area (TPSA) is 93.5 Å². The molecule has 2 heterocycles. The molecule has 25 heavy (non-hydrogen) atoms. The largest absolute Gasteiger partial charge is 0.497 e. The Labute approximate surface area is 147 Å². The molecule has 0 fully saturated rings.